The molecule has 0 radical (unpaired) electrons. The van der Waals surface area contributed by atoms with E-state index >= 15 is 0 Å². The van der Waals surface area contributed by atoms with Crippen LogP contribution in [0.3, 0.4) is 0 Å². The van der Waals surface area contributed by atoms with Crippen molar-refractivity contribution in [2.45, 2.75) is 32.2 Å². The van der Waals surface area contributed by atoms with Gasteiger partial charge in [-0.2, -0.15) is 0 Å². The van der Waals surface area contributed by atoms with E-state index in [4.69, 9.17) is 10.5 Å². The van der Waals surface area contributed by atoms with Gasteiger partial charge in [0, 0.05) is 31.6 Å². The first-order valence-corrected chi connectivity index (χ1v) is 8.55. The summed E-state index contributed by atoms with van der Waals surface area (Å²) in [7, 11) is 0. The van der Waals surface area contributed by atoms with E-state index in [1.807, 2.05) is 37.3 Å². The molecule has 1 fully saturated rings. The van der Waals surface area contributed by atoms with Crippen molar-refractivity contribution in [1.82, 2.24) is 10.2 Å². The first kappa shape index (κ1) is 18.3. The Morgan fingerprint density at radius 1 is 1.29 bits per heavy atom. The molecule has 1 atom stereocenters. The van der Waals surface area contributed by atoms with Crippen LogP contribution in [0.5, 0.6) is 5.75 Å². The minimum Gasteiger partial charge on any atom is -0.484 e. The number of benzene rings is 1. The minimum absolute atomic E-state index is 0.0165. The number of carbonyl (C=O) groups excluding carboxylic acids is 2. The Labute approximate surface area is 143 Å². The van der Waals surface area contributed by atoms with Crippen molar-refractivity contribution in [2.24, 2.45) is 11.7 Å². The molecule has 1 aromatic carbocycles. The second-order valence-electron chi connectivity index (χ2n) is 6.31. The van der Waals surface area contributed by atoms with Crippen molar-refractivity contribution in [3.8, 4) is 5.75 Å². The molecule has 1 heterocycles. The van der Waals surface area contributed by atoms with Gasteiger partial charge in [0.05, 0.1) is 0 Å². The van der Waals surface area contributed by atoms with Crippen LogP contribution in [0.15, 0.2) is 30.3 Å². The third-order valence-corrected chi connectivity index (χ3v) is 4.22. The van der Waals surface area contributed by atoms with Gasteiger partial charge < -0.3 is 20.7 Å². The van der Waals surface area contributed by atoms with Gasteiger partial charge >= 0.3 is 0 Å². The number of hydrogen-bond donors (Lipinski definition) is 2. The summed E-state index contributed by atoms with van der Waals surface area (Å²) < 4.78 is 5.49. The predicted octanol–water partition coefficient (Wildman–Crippen LogP) is 1.16. The first-order valence-electron chi connectivity index (χ1n) is 8.55. The zero-order chi connectivity index (χ0) is 17.4. The van der Waals surface area contributed by atoms with E-state index in [1.165, 1.54) is 0 Å². The largest absolute Gasteiger partial charge is 0.484 e. The quantitative estimate of drug-likeness (QED) is 0.784. The van der Waals surface area contributed by atoms with Gasteiger partial charge in [0.1, 0.15) is 5.75 Å². The second kappa shape index (κ2) is 9.27. The Balaban J connectivity index is 1.68. The third-order valence-electron chi connectivity index (χ3n) is 4.22. The molecule has 1 aromatic rings. The average Bonchev–Trinajstić information content (AvgIpc) is 2.60. The molecule has 0 saturated carbocycles. The lowest BCUT2D eigenvalue weighted by Gasteiger charge is -2.31. The second-order valence-corrected chi connectivity index (χ2v) is 6.31. The van der Waals surface area contributed by atoms with E-state index in [1.54, 1.807) is 4.90 Å². The van der Waals surface area contributed by atoms with Crippen molar-refractivity contribution in [2.75, 3.05) is 26.2 Å². The van der Waals surface area contributed by atoms with Crippen LogP contribution in [-0.2, 0) is 9.59 Å². The summed E-state index contributed by atoms with van der Waals surface area (Å²) in [5, 5.41) is 2.93. The monoisotopic (exact) mass is 333 g/mol. The molecule has 3 N–H and O–H groups in total. The van der Waals surface area contributed by atoms with Gasteiger partial charge in [-0.3, -0.25) is 9.59 Å². The number of nitrogens with zero attached hydrogens (tertiary/aromatic N) is 1. The van der Waals surface area contributed by atoms with Crippen molar-refractivity contribution in [3.05, 3.63) is 30.3 Å². The molecular formula is C18H27N3O3. The summed E-state index contributed by atoms with van der Waals surface area (Å²) in [5.74, 6) is 0.712. The van der Waals surface area contributed by atoms with E-state index in [-0.39, 0.29) is 30.4 Å². The van der Waals surface area contributed by atoms with E-state index in [2.05, 4.69) is 5.32 Å². The number of para-hydroxylation sites is 1. The maximum Gasteiger partial charge on any atom is 0.260 e. The maximum atomic E-state index is 12.2. The van der Waals surface area contributed by atoms with Gasteiger partial charge in [0.2, 0.25) is 5.91 Å². The summed E-state index contributed by atoms with van der Waals surface area (Å²) in [6.07, 6.45) is 2.17. The van der Waals surface area contributed by atoms with Crippen molar-refractivity contribution in [1.29, 1.82) is 0 Å². The topological polar surface area (TPSA) is 84.7 Å². The molecule has 1 aliphatic heterocycles. The van der Waals surface area contributed by atoms with Gasteiger partial charge in [-0.15, -0.1) is 0 Å². The van der Waals surface area contributed by atoms with Crippen LogP contribution < -0.4 is 15.8 Å². The summed E-state index contributed by atoms with van der Waals surface area (Å²) in [5.41, 5.74) is 5.67. The molecule has 6 heteroatoms. The summed E-state index contributed by atoms with van der Waals surface area (Å²) >= 11 is 0. The molecule has 2 rings (SSSR count). The molecule has 0 aliphatic carbocycles. The van der Waals surface area contributed by atoms with Gasteiger partial charge in [0.15, 0.2) is 6.61 Å². The lowest BCUT2D eigenvalue weighted by molar-refractivity contribution is -0.137. The van der Waals surface area contributed by atoms with Crippen LogP contribution in [0.1, 0.15) is 26.2 Å². The first-order chi connectivity index (χ1) is 11.6. The highest BCUT2D eigenvalue weighted by Gasteiger charge is 2.27. The van der Waals surface area contributed by atoms with Crippen molar-refractivity contribution in [3.63, 3.8) is 0 Å². The number of likely N-dealkylation sites (tertiary alicyclic amines) is 1. The number of piperidine rings is 1. The molecule has 1 unspecified atom stereocenters. The van der Waals surface area contributed by atoms with Crippen LogP contribution in [0.2, 0.25) is 0 Å². The summed E-state index contributed by atoms with van der Waals surface area (Å²) in [4.78, 5) is 26.0. The fourth-order valence-corrected chi connectivity index (χ4v) is 2.71. The molecular weight excluding hydrogens is 306 g/mol. The SMILES string of the molecule is CC(N)CCNC(=O)C1CCN(C(=O)COc2ccccc2)CC1. The lowest BCUT2D eigenvalue weighted by atomic mass is 9.96. The number of ether oxygens (including phenoxy) is 1. The highest BCUT2D eigenvalue weighted by molar-refractivity contribution is 5.80. The van der Waals surface area contributed by atoms with E-state index in [0.29, 0.717) is 38.2 Å². The van der Waals surface area contributed by atoms with Crippen LogP contribution in [-0.4, -0.2) is 49.0 Å². The van der Waals surface area contributed by atoms with E-state index < -0.39 is 0 Å². The highest BCUT2D eigenvalue weighted by Crippen LogP contribution is 2.18. The van der Waals surface area contributed by atoms with Gasteiger partial charge in [-0.05, 0) is 38.3 Å². The molecule has 1 aliphatic rings. The summed E-state index contributed by atoms with van der Waals surface area (Å²) in [6.45, 7) is 3.77. The van der Waals surface area contributed by atoms with Crippen LogP contribution >= 0.6 is 0 Å². The van der Waals surface area contributed by atoms with Crippen LogP contribution in [0.4, 0.5) is 0 Å². The predicted molar refractivity (Wildman–Crippen MR) is 92.5 cm³/mol. The minimum atomic E-state index is -0.0327. The van der Waals surface area contributed by atoms with E-state index in [9.17, 15) is 9.59 Å². The molecule has 0 spiro atoms. The Kier molecular flexibility index (Phi) is 7.06. The molecule has 132 valence electrons. The fourth-order valence-electron chi connectivity index (χ4n) is 2.71. The Bertz CT molecular complexity index is 526. The van der Waals surface area contributed by atoms with Crippen molar-refractivity contribution < 1.29 is 14.3 Å². The van der Waals surface area contributed by atoms with Crippen molar-refractivity contribution >= 4 is 11.8 Å². The molecule has 0 aromatic heterocycles. The average molecular weight is 333 g/mol. The maximum absolute atomic E-state index is 12.2. The number of carbonyl (C=O) groups is 2. The van der Waals surface area contributed by atoms with Crippen LogP contribution in [0, 0.1) is 5.92 Å². The zero-order valence-electron chi connectivity index (χ0n) is 14.2. The Morgan fingerprint density at radius 2 is 1.96 bits per heavy atom. The highest BCUT2D eigenvalue weighted by atomic mass is 16.5. The molecule has 1 saturated heterocycles. The number of amides is 2. The molecule has 6 nitrogen and oxygen atoms in total. The molecule has 24 heavy (non-hydrogen) atoms. The van der Waals surface area contributed by atoms with E-state index in [0.717, 1.165) is 6.42 Å². The standard InChI is InChI=1S/C18H27N3O3/c1-14(19)7-10-20-18(23)15-8-11-21(12-9-15)17(22)13-24-16-5-3-2-4-6-16/h2-6,14-15H,7-13,19H2,1H3,(H,20,23). The molecule has 0 bridgehead atoms. The van der Waals surface area contributed by atoms with Gasteiger partial charge in [-0.25, -0.2) is 0 Å². The number of rotatable bonds is 7. The Morgan fingerprint density at radius 3 is 2.58 bits per heavy atom. The third kappa shape index (κ3) is 5.85. The molecule has 2 amide bonds. The summed E-state index contributed by atoms with van der Waals surface area (Å²) in [6, 6.07) is 9.39. The van der Waals surface area contributed by atoms with Gasteiger partial charge in [-0.1, -0.05) is 18.2 Å². The number of nitrogens with one attached hydrogen (secondary N) is 1. The number of nitrogens with two attached hydrogens (primary N) is 1. The van der Waals surface area contributed by atoms with Gasteiger partial charge in [0.25, 0.3) is 5.91 Å². The number of hydrogen-bond acceptors (Lipinski definition) is 4. The smallest absolute Gasteiger partial charge is 0.260 e. The zero-order valence-corrected chi connectivity index (χ0v) is 14.2. The van der Waals surface area contributed by atoms with Crippen LogP contribution in [0.25, 0.3) is 0 Å². The Hall–Kier alpha value is -2.08. The lowest BCUT2D eigenvalue weighted by Crippen LogP contribution is -2.44. The fraction of sp³-hybridized carbons (Fsp3) is 0.556. The normalized spacial score (nSPS) is 16.5.